The van der Waals surface area contributed by atoms with E-state index in [1.165, 1.54) is 4.31 Å². The lowest BCUT2D eigenvalue weighted by Gasteiger charge is -2.17. The van der Waals surface area contributed by atoms with Gasteiger partial charge in [0.15, 0.2) is 0 Å². The van der Waals surface area contributed by atoms with E-state index in [0.29, 0.717) is 17.0 Å². The van der Waals surface area contributed by atoms with Gasteiger partial charge in [0.1, 0.15) is 0 Å². The van der Waals surface area contributed by atoms with E-state index in [2.05, 4.69) is 11.8 Å². The van der Waals surface area contributed by atoms with E-state index in [4.69, 9.17) is 5.73 Å². The third kappa shape index (κ3) is 3.80. The summed E-state index contributed by atoms with van der Waals surface area (Å²) in [5.41, 5.74) is 6.71. The molecule has 0 bridgehead atoms. The van der Waals surface area contributed by atoms with E-state index >= 15 is 0 Å². The van der Waals surface area contributed by atoms with Gasteiger partial charge >= 0.3 is 0 Å². The number of nitrogens with zero attached hydrogens (tertiary/aromatic N) is 1. The predicted octanol–water partition coefficient (Wildman–Crippen LogP) is 1.34. The second-order valence-corrected chi connectivity index (χ2v) is 6.33. The van der Waals surface area contributed by atoms with Gasteiger partial charge in [0, 0.05) is 19.2 Å². The Hall–Kier alpha value is -1.35. The van der Waals surface area contributed by atoms with Crippen molar-refractivity contribution in [3.05, 3.63) is 29.3 Å². The average molecular weight is 280 g/mol. The van der Waals surface area contributed by atoms with E-state index in [-0.39, 0.29) is 6.54 Å². The van der Waals surface area contributed by atoms with Crippen molar-refractivity contribution < 1.29 is 8.42 Å². The fraction of sp³-hybridized carbons (Fsp3) is 0.429. The molecule has 0 atom stereocenters. The van der Waals surface area contributed by atoms with Crippen molar-refractivity contribution in [2.45, 2.75) is 25.2 Å². The molecule has 1 aromatic rings. The van der Waals surface area contributed by atoms with Gasteiger partial charge in [-0.15, -0.1) is 0 Å². The Morgan fingerprint density at radius 3 is 2.63 bits per heavy atom. The van der Waals surface area contributed by atoms with Crippen LogP contribution in [-0.4, -0.2) is 32.9 Å². The molecule has 0 aliphatic heterocycles. The Morgan fingerprint density at radius 2 is 2.05 bits per heavy atom. The average Bonchev–Trinajstić information content (AvgIpc) is 2.37. The van der Waals surface area contributed by atoms with Gasteiger partial charge in [-0.1, -0.05) is 24.8 Å². The predicted molar refractivity (Wildman–Crippen MR) is 77.2 cm³/mol. The normalized spacial score (nSPS) is 11.2. The van der Waals surface area contributed by atoms with Crippen LogP contribution in [0.3, 0.4) is 0 Å². The summed E-state index contributed by atoms with van der Waals surface area (Å²) in [7, 11) is -1.85. The zero-order chi connectivity index (χ0) is 14.5. The van der Waals surface area contributed by atoms with Crippen LogP contribution in [0.5, 0.6) is 0 Å². The molecule has 0 saturated carbocycles. The number of nitrogens with two attached hydrogens (primary N) is 1. The van der Waals surface area contributed by atoms with Crippen LogP contribution in [0.4, 0.5) is 0 Å². The van der Waals surface area contributed by atoms with Gasteiger partial charge in [-0.25, -0.2) is 12.7 Å². The van der Waals surface area contributed by atoms with Gasteiger partial charge < -0.3 is 5.73 Å². The number of benzene rings is 1. The van der Waals surface area contributed by atoms with Crippen LogP contribution in [0, 0.1) is 18.8 Å². The van der Waals surface area contributed by atoms with Crippen molar-refractivity contribution in [2.75, 3.05) is 20.1 Å². The summed E-state index contributed by atoms with van der Waals surface area (Å²) < 4.78 is 26.2. The number of rotatable bonds is 4. The largest absolute Gasteiger partial charge is 0.320 e. The smallest absolute Gasteiger partial charge is 0.243 e. The van der Waals surface area contributed by atoms with Crippen LogP contribution in [0.15, 0.2) is 23.1 Å². The van der Waals surface area contributed by atoms with E-state index < -0.39 is 10.0 Å². The van der Waals surface area contributed by atoms with E-state index in [9.17, 15) is 8.42 Å². The lowest BCUT2D eigenvalue weighted by Crippen LogP contribution is -2.28. The zero-order valence-corrected chi connectivity index (χ0v) is 12.4. The summed E-state index contributed by atoms with van der Waals surface area (Å²) in [6.07, 6.45) is 0.779. The maximum absolute atomic E-state index is 12.4. The number of hydrogen-bond donors (Lipinski definition) is 1. The first-order chi connectivity index (χ1) is 8.93. The number of sulfonamides is 1. The minimum atomic E-state index is -3.45. The quantitative estimate of drug-likeness (QED) is 0.846. The molecule has 0 saturated heterocycles. The van der Waals surface area contributed by atoms with Crippen LogP contribution in [0.1, 0.15) is 24.5 Å². The van der Waals surface area contributed by atoms with Gasteiger partial charge in [0.25, 0.3) is 0 Å². The summed E-state index contributed by atoms with van der Waals surface area (Å²) in [5, 5.41) is 0. The van der Waals surface area contributed by atoms with Gasteiger partial charge in [-0.3, -0.25) is 0 Å². The molecule has 1 aromatic carbocycles. The highest BCUT2D eigenvalue weighted by atomic mass is 32.2. The standard InChI is InChI=1S/C14H20N2O2S/c1-4-10-16(3)19(17,18)14-11-13(6-5-9-15)8-7-12(14)2/h7-8,11H,4,9-10,15H2,1-3H3. The molecule has 0 aliphatic rings. The molecule has 0 spiro atoms. The summed E-state index contributed by atoms with van der Waals surface area (Å²) in [4.78, 5) is 0.312. The molecule has 0 fully saturated rings. The van der Waals surface area contributed by atoms with Crippen LogP contribution in [-0.2, 0) is 10.0 Å². The molecule has 19 heavy (non-hydrogen) atoms. The van der Waals surface area contributed by atoms with Crippen molar-refractivity contribution in [3.63, 3.8) is 0 Å². The molecular formula is C14H20N2O2S. The maximum Gasteiger partial charge on any atom is 0.243 e. The van der Waals surface area contributed by atoms with Crippen molar-refractivity contribution >= 4 is 10.0 Å². The molecule has 1 rings (SSSR count). The van der Waals surface area contributed by atoms with Crippen molar-refractivity contribution in [1.29, 1.82) is 0 Å². The van der Waals surface area contributed by atoms with Crippen molar-refractivity contribution in [2.24, 2.45) is 5.73 Å². The van der Waals surface area contributed by atoms with E-state index in [0.717, 1.165) is 12.0 Å². The lowest BCUT2D eigenvalue weighted by molar-refractivity contribution is 0.468. The lowest BCUT2D eigenvalue weighted by atomic mass is 10.1. The van der Waals surface area contributed by atoms with Crippen LogP contribution in [0.2, 0.25) is 0 Å². The molecule has 0 radical (unpaired) electrons. The summed E-state index contributed by atoms with van der Waals surface area (Å²) in [6, 6.07) is 5.18. The molecule has 4 nitrogen and oxygen atoms in total. The number of hydrogen-bond acceptors (Lipinski definition) is 3. The van der Waals surface area contributed by atoms with E-state index in [1.807, 2.05) is 6.92 Å². The Labute approximate surface area is 115 Å². The first-order valence-electron chi connectivity index (χ1n) is 6.19. The minimum absolute atomic E-state index is 0.256. The SMILES string of the molecule is CCCN(C)S(=O)(=O)c1cc(C#CCN)ccc1C. The van der Waals surface area contributed by atoms with Crippen LogP contribution >= 0.6 is 0 Å². The first kappa shape index (κ1) is 15.7. The highest BCUT2D eigenvalue weighted by Crippen LogP contribution is 2.20. The summed E-state index contributed by atoms with van der Waals surface area (Å²) >= 11 is 0. The van der Waals surface area contributed by atoms with Crippen molar-refractivity contribution in [1.82, 2.24) is 4.31 Å². The summed E-state index contributed by atoms with van der Waals surface area (Å²) in [6.45, 7) is 4.49. The monoisotopic (exact) mass is 280 g/mol. The summed E-state index contributed by atoms with van der Waals surface area (Å²) in [5.74, 6) is 5.58. The zero-order valence-electron chi connectivity index (χ0n) is 11.6. The molecular weight excluding hydrogens is 260 g/mol. The molecule has 2 N–H and O–H groups in total. The van der Waals surface area contributed by atoms with Crippen molar-refractivity contribution in [3.8, 4) is 11.8 Å². The third-order valence-electron chi connectivity index (χ3n) is 2.75. The van der Waals surface area contributed by atoms with Crippen LogP contribution in [0.25, 0.3) is 0 Å². The van der Waals surface area contributed by atoms with E-state index in [1.54, 1.807) is 32.2 Å². The molecule has 0 unspecified atom stereocenters. The second-order valence-electron chi connectivity index (χ2n) is 4.31. The van der Waals surface area contributed by atoms with Gasteiger partial charge in [-0.2, -0.15) is 0 Å². The molecule has 104 valence electrons. The minimum Gasteiger partial charge on any atom is -0.320 e. The molecule has 0 heterocycles. The first-order valence-corrected chi connectivity index (χ1v) is 7.63. The fourth-order valence-electron chi connectivity index (χ4n) is 1.71. The van der Waals surface area contributed by atoms with Gasteiger partial charge in [-0.05, 0) is 31.0 Å². The Balaban J connectivity index is 3.25. The molecule has 0 aliphatic carbocycles. The topological polar surface area (TPSA) is 63.4 Å². The number of aryl methyl sites for hydroxylation is 1. The second kappa shape index (κ2) is 6.71. The molecule has 0 amide bonds. The Bertz CT molecular complexity index is 598. The Kier molecular flexibility index (Phi) is 5.55. The Morgan fingerprint density at radius 1 is 1.37 bits per heavy atom. The molecule has 0 aromatic heterocycles. The highest BCUT2D eigenvalue weighted by Gasteiger charge is 2.22. The fourth-order valence-corrected chi connectivity index (χ4v) is 3.22. The van der Waals surface area contributed by atoms with Gasteiger partial charge in [0.2, 0.25) is 10.0 Å². The third-order valence-corrected chi connectivity index (χ3v) is 4.75. The van der Waals surface area contributed by atoms with Gasteiger partial charge in [0.05, 0.1) is 11.4 Å². The maximum atomic E-state index is 12.4. The molecule has 5 heteroatoms. The highest BCUT2D eigenvalue weighted by molar-refractivity contribution is 7.89. The van der Waals surface area contributed by atoms with Crippen LogP contribution < -0.4 is 5.73 Å².